The number of carbonyl (C=O) groups is 1. The average molecular weight is 312 g/mol. The van der Waals surface area contributed by atoms with Gasteiger partial charge in [-0.1, -0.05) is 19.1 Å². The van der Waals surface area contributed by atoms with Gasteiger partial charge in [-0.2, -0.15) is 0 Å². The summed E-state index contributed by atoms with van der Waals surface area (Å²) in [5.41, 5.74) is 3.55. The van der Waals surface area contributed by atoms with Crippen molar-refractivity contribution in [2.24, 2.45) is 0 Å². The predicted octanol–water partition coefficient (Wildman–Crippen LogP) is 3.32. The molecule has 0 bridgehead atoms. The van der Waals surface area contributed by atoms with Crippen LogP contribution in [-0.2, 0) is 6.42 Å². The van der Waals surface area contributed by atoms with Crippen molar-refractivity contribution in [3.63, 3.8) is 0 Å². The molecule has 0 aliphatic carbocycles. The topological polar surface area (TPSA) is 52.6 Å². The SMILES string of the molecule is CCCN(C)c1ccc(C(=O)Nc2ccc(CCO)cc2)cc1. The Morgan fingerprint density at radius 2 is 1.74 bits per heavy atom. The maximum absolute atomic E-state index is 12.3. The predicted molar refractivity (Wildman–Crippen MR) is 95.2 cm³/mol. The molecule has 2 aromatic rings. The lowest BCUT2D eigenvalue weighted by atomic mass is 10.1. The highest BCUT2D eigenvalue weighted by Gasteiger charge is 2.07. The molecule has 0 spiro atoms. The van der Waals surface area contributed by atoms with E-state index in [2.05, 4.69) is 17.1 Å². The van der Waals surface area contributed by atoms with Crippen molar-refractivity contribution in [3.8, 4) is 0 Å². The Hall–Kier alpha value is -2.33. The molecule has 0 aromatic heterocycles. The van der Waals surface area contributed by atoms with Crippen LogP contribution in [-0.4, -0.2) is 31.2 Å². The van der Waals surface area contributed by atoms with Crippen LogP contribution in [0.4, 0.5) is 11.4 Å². The lowest BCUT2D eigenvalue weighted by Gasteiger charge is -2.18. The van der Waals surface area contributed by atoms with Crippen molar-refractivity contribution in [1.82, 2.24) is 0 Å². The number of nitrogens with zero attached hydrogens (tertiary/aromatic N) is 1. The minimum Gasteiger partial charge on any atom is -0.396 e. The summed E-state index contributed by atoms with van der Waals surface area (Å²) in [6, 6.07) is 15.2. The normalized spacial score (nSPS) is 10.4. The summed E-state index contributed by atoms with van der Waals surface area (Å²) < 4.78 is 0. The van der Waals surface area contributed by atoms with Crippen LogP contribution in [0.5, 0.6) is 0 Å². The number of carbonyl (C=O) groups excluding carboxylic acids is 1. The lowest BCUT2D eigenvalue weighted by Crippen LogP contribution is -2.18. The first-order valence-electron chi connectivity index (χ1n) is 7.96. The molecular weight excluding hydrogens is 288 g/mol. The molecule has 0 aliphatic heterocycles. The molecule has 2 N–H and O–H groups in total. The maximum atomic E-state index is 12.3. The van der Waals surface area contributed by atoms with E-state index >= 15 is 0 Å². The van der Waals surface area contributed by atoms with Crippen LogP contribution in [0.15, 0.2) is 48.5 Å². The van der Waals surface area contributed by atoms with Crippen LogP contribution < -0.4 is 10.2 Å². The monoisotopic (exact) mass is 312 g/mol. The van der Waals surface area contributed by atoms with Crippen molar-refractivity contribution in [2.45, 2.75) is 19.8 Å². The van der Waals surface area contributed by atoms with Crippen LogP contribution in [0.2, 0.25) is 0 Å². The van der Waals surface area contributed by atoms with E-state index in [0.717, 1.165) is 29.9 Å². The van der Waals surface area contributed by atoms with Crippen LogP contribution in [0.25, 0.3) is 0 Å². The summed E-state index contributed by atoms with van der Waals surface area (Å²) in [5.74, 6) is -0.121. The summed E-state index contributed by atoms with van der Waals surface area (Å²) in [7, 11) is 2.05. The van der Waals surface area contributed by atoms with Crippen molar-refractivity contribution < 1.29 is 9.90 Å². The Morgan fingerprint density at radius 1 is 1.09 bits per heavy atom. The fourth-order valence-electron chi connectivity index (χ4n) is 2.42. The van der Waals surface area contributed by atoms with Crippen LogP contribution in [0.1, 0.15) is 29.3 Å². The van der Waals surface area contributed by atoms with E-state index in [1.807, 2.05) is 55.6 Å². The maximum Gasteiger partial charge on any atom is 0.255 e. The van der Waals surface area contributed by atoms with Gasteiger partial charge in [0.05, 0.1) is 0 Å². The quantitative estimate of drug-likeness (QED) is 0.824. The first-order chi connectivity index (χ1) is 11.1. The van der Waals surface area contributed by atoms with E-state index < -0.39 is 0 Å². The fourth-order valence-corrected chi connectivity index (χ4v) is 2.42. The van der Waals surface area contributed by atoms with E-state index in [4.69, 9.17) is 5.11 Å². The number of aliphatic hydroxyl groups is 1. The molecule has 23 heavy (non-hydrogen) atoms. The van der Waals surface area contributed by atoms with E-state index in [9.17, 15) is 4.79 Å². The number of rotatable bonds is 7. The summed E-state index contributed by atoms with van der Waals surface area (Å²) in [6.07, 6.45) is 1.71. The van der Waals surface area contributed by atoms with E-state index in [1.54, 1.807) is 0 Å². The molecule has 0 atom stereocenters. The number of hydrogen-bond donors (Lipinski definition) is 2. The second kappa shape index (κ2) is 8.34. The fraction of sp³-hybridized carbons (Fsp3) is 0.316. The molecule has 2 rings (SSSR count). The lowest BCUT2D eigenvalue weighted by molar-refractivity contribution is 0.102. The summed E-state index contributed by atoms with van der Waals surface area (Å²) >= 11 is 0. The van der Waals surface area contributed by atoms with Crippen molar-refractivity contribution in [1.29, 1.82) is 0 Å². The van der Waals surface area contributed by atoms with Gasteiger partial charge in [0.2, 0.25) is 0 Å². The van der Waals surface area contributed by atoms with Gasteiger partial charge in [0.25, 0.3) is 5.91 Å². The molecule has 0 radical (unpaired) electrons. The zero-order valence-corrected chi connectivity index (χ0v) is 13.7. The first kappa shape index (κ1) is 17.0. The molecule has 0 heterocycles. The third-order valence-corrected chi connectivity index (χ3v) is 3.74. The van der Waals surface area contributed by atoms with Crippen molar-refractivity contribution in [3.05, 3.63) is 59.7 Å². The highest BCUT2D eigenvalue weighted by Crippen LogP contribution is 2.16. The number of benzene rings is 2. The molecule has 122 valence electrons. The van der Waals surface area contributed by atoms with E-state index in [0.29, 0.717) is 12.0 Å². The third-order valence-electron chi connectivity index (χ3n) is 3.74. The molecular formula is C19H24N2O2. The number of anilines is 2. The highest BCUT2D eigenvalue weighted by molar-refractivity contribution is 6.04. The van der Waals surface area contributed by atoms with Crippen LogP contribution in [0, 0.1) is 0 Å². The standard InChI is InChI=1S/C19H24N2O2/c1-3-13-21(2)18-10-6-16(7-11-18)19(23)20-17-8-4-15(5-9-17)12-14-22/h4-11,22H,3,12-14H2,1-2H3,(H,20,23). The van der Waals surface area contributed by atoms with E-state index in [-0.39, 0.29) is 12.5 Å². The van der Waals surface area contributed by atoms with Gasteiger partial charge in [-0.25, -0.2) is 0 Å². The average Bonchev–Trinajstić information content (AvgIpc) is 2.57. The first-order valence-corrected chi connectivity index (χ1v) is 7.96. The van der Waals surface area contributed by atoms with Gasteiger partial charge in [0.15, 0.2) is 0 Å². The Bertz CT molecular complexity index is 621. The van der Waals surface area contributed by atoms with Gasteiger partial charge in [-0.05, 0) is 54.8 Å². The van der Waals surface area contributed by atoms with Crippen molar-refractivity contribution in [2.75, 3.05) is 30.4 Å². The number of hydrogen-bond acceptors (Lipinski definition) is 3. The molecule has 4 heteroatoms. The Morgan fingerprint density at radius 3 is 2.30 bits per heavy atom. The minimum absolute atomic E-state index is 0.121. The largest absolute Gasteiger partial charge is 0.396 e. The Labute approximate surface area is 137 Å². The van der Waals surface area contributed by atoms with E-state index in [1.165, 1.54) is 0 Å². The zero-order chi connectivity index (χ0) is 16.7. The molecule has 0 saturated carbocycles. The minimum atomic E-state index is -0.121. The molecule has 0 fully saturated rings. The number of aliphatic hydroxyl groups excluding tert-OH is 1. The zero-order valence-electron chi connectivity index (χ0n) is 13.7. The van der Waals surface area contributed by atoms with Crippen LogP contribution >= 0.6 is 0 Å². The molecule has 0 saturated heterocycles. The van der Waals surface area contributed by atoms with Gasteiger partial charge >= 0.3 is 0 Å². The highest BCUT2D eigenvalue weighted by atomic mass is 16.2. The molecule has 2 aromatic carbocycles. The summed E-state index contributed by atoms with van der Waals surface area (Å²) in [6.45, 7) is 3.26. The molecule has 4 nitrogen and oxygen atoms in total. The van der Waals surface area contributed by atoms with Gasteiger partial charge in [-0.3, -0.25) is 4.79 Å². The van der Waals surface area contributed by atoms with Gasteiger partial charge in [0, 0.05) is 37.1 Å². The molecule has 0 unspecified atom stereocenters. The molecule has 0 aliphatic rings. The van der Waals surface area contributed by atoms with Crippen LogP contribution in [0.3, 0.4) is 0 Å². The third kappa shape index (κ3) is 4.83. The summed E-state index contributed by atoms with van der Waals surface area (Å²) in [4.78, 5) is 14.4. The second-order valence-corrected chi connectivity index (χ2v) is 5.59. The molecule has 1 amide bonds. The summed E-state index contributed by atoms with van der Waals surface area (Å²) in [5, 5.41) is 11.8. The van der Waals surface area contributed by atoms with Crippen molar-refractivity contribution >= 4 is 17.3 Å². The van der Waals surface area contributed by atoms with Gasteiger partial charge in [-0.15, -0.1) is 0 Å². The Kier molecular flexibility index (Phi) is 6.18. The number of nitrogens with one attached hydrogen (secondary N) is 1. The Balaban J connectivity index is 2.00. The van der Waals surface area contributed by atoms with Gasteiger partial charge < -0.3 is 15.3 Å². The smallest absolute Gasteiger partial charge is 0.255 e. The number of amides is 1. The van der Waals surface area contributed by atoms with Gasteiger partial charge in [0.1, 0.15) is 0 Å². The second-order valence-electron chi connectivity index (χ2n) is 5.59.